The molecular formula is C23H33N7O3. The quantitative estimate of drug-likeness (QED) is 0.465. The van der Waals surface area contributed by atoms with Crippen molar-refractivity contribution in [3.05, 3.63) is 36.2 Å². The zero-order valence-electron chi connectivity index (χ0n) is 19.3. The highest BCUT2D eigenvalue weighted by atomic mass is 16.6. The largest absolute Gasteiger partial charge is 0.393 e. The average Bonchev–Trinajstić information content (AvgIpc) is 2.82. The highest BCUT2D eigenvalue weighted by Crippen LogP contribution is 2.25. The SMILES string of the molecule is CONC(=O)c1ncc(N[C@H]2CC[C@H](O)CC2)nc1Nc1ccc(N2CCN(C)CC2)cc1. The maximum Gasteiger partial charge on any atom is 0.297 e. The minimum Gasteiger partial charge on any atom is -0.393 e. The lowest BCUT2D eigenvalue weighted by Gasteiger charge is -2.34. The van der Waals surface area contributed by atoms with Crippen LogP contribution in [0, 0.1) is 0 Å². The van der Waals surface area contributed by atoms with Gasteiger partial charge in [0.15, 0.2) is 11.5 Å². The molecule has 10 nitrogen and oxygen atoms in total. The summed E-state index contributed by atoms with van der Waals surface area (Å²) in [5.74, 6) is 0.452. The van der Waals surface area contributed by atoms with Crippen LogP contribution in [0.15, 0.2) is 30.5 Å². The molecular weight excluding hydrogens is 422 g/mol. The number of anilines is 4. The molecule has 1 saturated carbocycles. The standard InChI is InChI=1S/C23H33N7O3/c1-29-11-13-30(14-12-29)18-7-3-17(4-8-18)26-22-21(23(32)28-33-2)24-15-20(27-22)25-16-5-9-19(31)10-6-16/h3-4,7-8,15-16,19,31H,5-6,9-14H2,1-2H3,(H,28,32)(H2,25,26,27)/t16-,19-. The Morgan fingerprint density at radius 2 is 1.79 bits per heavy atom. The van der Waals surface area contributed by atoms with Crippen LogP contribution >= 0.6 is 0 Å². The molecule has 1 amide bonds. The fourth-order valence-electron chi connectivity index (χ4n) is 4.24. The Balaban J connectivity index is 1.49. The normalized spacial score (nSPS) is 21.5. The molecule has 0 radical (unpaired) electrons. The molecule has 1 aliphatic heterocycles. The Labute approximate surface area is 194 Å². The van der Waals surface area contributed by atoms with E-state index in [0.717, 1.165) is 57.5 Å². The summed E-state index contributed by atoms with van der Waals surface area (Å²) in [6.07, 6.45) is 4.60. The summed E-state index contributed by atoms with van der Waals surface area (Å²) < 4.78 is 0. The molecule has 0 spiro atoms. The number of benzene rings is 1. The van der Waals surface area contributed by atoms with Crippen molar-refractivity contribution >= 4 is 28.9 Å². The number of hydrogen-bond acceptors (Lipinski definition) is 9. The third-order valence-electron chi connectivity index (χ3n) is 6.23. The van der Waals surface area contributed by atoms with Crippen molar-refractivity contribution in [1.29, 1.82) is 0 Å². The minimum atomic E-state index is -0.478. The molecule has 2 heterocycles. The number of amides is 1. The van der Waals surface area contributed by atoms with Gasteiger partial charge in [-0.05, 0) is 57.0 Å². The Morgan fingerprint density at radius 1 is 1.09 bits per heavy atom. The molecule has 1 aromatic heterocycles. The van der Waals surface area contributed by atoms with Crippen molar-refractivity contribution in [2.24, 2.45) is 0 Å². The monoisotopic (exact) mass is 455 g/mol. The summed E-state index contributed by atoms with van der Waals surface area (Å²) in [6.45, 7) is 4.10. The third-order valence-corrected chi connectivity index (χ3v) is 6.23. The predicted octanol–water partition coefficient (Wildman–Crippen LogP) is 1.98. The van der Waals surface area contributed by atoms with Crippen molar-refractivity contribution in [2.75, 3.05) is 55.9 Å². The molecule has 2 aliphatic rings. The van der Waals surface area contributed by atoms with Gasteiger partial charge in [0.1, 0.15) is 5.82 Å². The van der Waals surface area contributed by atoms with Crippen molar-refractivity contribution in [1.82, 2.24) is 20.3 Å². The number of hydrogen-bond donors (Lipinski definition) is 4. The maximum absolute atomic E-state index is 12.4. The Hall–Kier alpha value is -2.95. The molecule has 0 bridgehead atoms. The first-order valence-corrected chi connectivity index (χ1v) is 11.5. The average molecular weight is 456 g/mol. The fraction of sp³-hybridized carbons (Fsp3) is 0.522. The topological polar surface area (TPSA) is 115 Å². The van der Waals surface area contributed by atoms with E-state index in [4.69, 9.17) is 4.84 Å². The van der Waals surface area contributed by atoms with Crippen molar-refractivity contribution in [3.63, 3.8) is 0 Å². The number of aromatic nitrogens is 2. The Kier molecular flexibility index (Phi) is 7.58. The number of carbonyl (C=O) groups excluding carboxylic acids is 1. The van der Waals surface area contributed by atoms with Gasteiger partial charge in [0.05, 0.1) is 19.4 Å². The van der Waals surface area contributed by atoms with Gasteiger partial charge < -0.3 is 25.5 Å². The number of hydroxylamine groups is 1. The molecule has 10 heteroatoms. The molecule has 2 fully saturated rings. The molecule has 1 saturated heterocycles. The number of nitrogens with one attached hydrogen (secondary N) is 3. The highest BCUT2D eigenvalue weighted by molar-refractivity contribution is 5.97. The zero-order chi connectivity index (χ0) is 23.2. The molecule has 1 aliphatic carbocycles. The maximum atomic E-state index is 12.4. The Morgan fingerprint density at radius 3 is 2.45 bits per heavy atom. The molecule has 1 aromatic carbocycles. The zero-order valence-corrected chi connectivity index (χ0v) is 19.3. The van der Waals surface area contributed by atoms with Crippen molar-refractivity contribution in [2.45, 2.75) is 37.8 Å². The highest BCUT2D eigenvalue weighted by Gasteiger charge is 2.21. The van der Waals surface area contributed by atoms with Crippen LogP contribution in [0.1, 0.15) is 36.2 Å². The van der Waals surface area contributed by atoms with Crippen molar-refractivity contribution < 1.29 is 14.7 Å². The predicted molar refractivity (Wildman–Crippen MR) is 128 cm³/mol. The summed E-state index contributed by atoms with van der Waals surface area (Å²) in [7, 11) is 3.52. The molecule has 4 rings (SSSR count). The lowest BCUT2D eigenvalue weighted by Crippen LogP contribution is -2.44. The van der Waals surface area contributed by atoms with Gasteiger partial charge in [-0.1, -0.05) is 0 Å². The first kappa shape index (κ1) is 23.2. The van der Waals surface area contributed by atoms with Gasteiger partial charge in [-0.2, -0.15) is 0 Å². The van der Waals surface area contributed by atoms with Gasteiger partial charge in [-0.3, -0.25) is 9.63 Å². The van der Waals surface area contributed by atoms with E-state index in [1.54, 1.807) is 6.20 Å². The van der Waals surface area contributed by atoms with Gasteiger partial charge in [0.25, 0.3) is 5.91 Å². The number of piperazine rings is 1. The number of likely N-dealkylation sites (N-methyl/N-ethyl adjacent to an activating group) is 1. The van der Waals surface area contributed by atoms with E-state index in [-0.39, 0.29) is 17.8 Å². The van der Waals surface area contributed by atoms with E-state index < -0.39 is 5.91 Å². The lowest BCUT2D eigenvalue weighted by molar-refractivity contribution is 0.0533. The molecule has 178 valence electrons. The molecule has 0 unspecified atom stereocenters. The summed E-state index contributed by atoms with van der Waals surface area (Å²) in [5, 5.41) is 16.4. The summed E-state index contributed by atoms with van der Waals surface area (Å²) >= 11 is 0. The lowest BCUT2D eigenvalue weighted by atomic mass is 9.93. The first-order valence-electron chi connectivity index (χ1n) is 11.5. The Bertz CT molecular complexity index is 924. The molecule has 33 heavy (non-hydrogen) atoms. The molecule has 2 aromatic rings. The van der Waals surface area contributed by atoms with Gasteiger partial charge >= 0.3 is 0 Å². The number of aliphatic hydroxyl groups is 1. The van der Waals surface area contributed by atoms with Crippen LogP contribution in [0.2, 0.25) is 0 Å². The number of nitrogens with zero attached hydrogens (tertiary/aromatic N) is 4. The second-order valence-corrected chi connectivity index (χ2v) is 8.70. The van der Waals surface area contributed by atoms with Crippen molar-refractivity contribution in [3.8, 4) is 0 Å². The van der Waals surface area contributed by atoms with Crippen LogP contribution in [-0.4, -0.2) is 78.4 Å². The second kappa shape index (κ2) is 10.8. The van der Waals surface area contributed by atoms with Crippen LogP contribution < -0.4 is 21.0 Å². The summed E-state index contributed by atoms with van der Waals surface area (Å²) in [6, 6.07) is 8.33. The molecule has 0 atom stereocenters. The number of aliphatic hydroxyl groups excluding tert-OH is 1. The molecule has 4 N–H and O–H groups in total. The fourth-order valence-corrected chi connectivity index (χ4v) is 4.24. The summed E-state index contributed by atoms with van der Waals surface area (Å²) in [5.41, 5.74) is 4.44. The van der Waals surface area contributed by atoms with E-state index in [1.165, 1.54) is 12.8 Å². The van der Waals surface area contributed by atoms with E-state index in [0.29, 0.717) is 11.6 Å². The van der Waals surface area contributed by atoms with E-state index >= 15 is 0 Å². The van der Waals surface area contributed by atoms with Crippen LogP contribution in [-0.2, 0) is 4.84 Å². The van der Waals surface area contributed by atoms with E-state index in [9.17, 15) is 9.90 Å². The van der Waals surface area contributed by atoms with Crippen LogP contribution in [0.4, 0.5) is 23.0 Å². The van der Waals surface area contributed by atoms with Gasteiger partial charge in [0, 0.05) is 43.6 Å². The van der Waals surface area contributed by atoms with Gasteiger partial charge in [-0.25, -0.2) is 15.4 Å². The summed E-state index contributed by atoms with van der Waals surface area (Å²) in [4.78, 5) is 30.9. The van der Waals surface area contributed by atoms with Crippen LogP contribution in [0.5, 0.6) is 0 Å². The van der Waals surface area contributed by atoms with Gasteiger partial charge in [0.2, 0.25) is 0 Å². The smallest absolute Gasteiger partial charge is 0.297 e. The number of rotatable bonds is 7. The second-order valence-electron chi connectivity index (χ2n) is 8.70. The third kappa shape index (κ3) is 6.10. The van der Waals surface area contributed by atoms with Crippen LogP contribution in [0.3, 0.4) is 0 Å². The first-order chi connectivity index (χ1) is 16.0. The number of carbonyl (C=O) groups is 1. The minimum absolute atomic E-state index is 0.143. The van der Waals surface area contributed by atoms with E-state index in [2.05, 4.69) is 55.1 Å². The van der Waals surface area contributed by atoms with Crippen LogP contribution in [0.25, 0.3) is 0 Å². The van der Waals surface area contributed by atoms with Gasteiger partial charge in [-0.15, -0.1) is 0 Å². The van der Waals surface area contributed by atoms with E-state index in [1.807, 2.05) is 12.1 Å².